The lowest BCUT2D eigenvalue weighted by Gasteiger charge is -2.18. The summed E-state index contributed by atoms with van der Waals surface area (Å²) in [6.07, 6.45) is 5.14. The molecule has 0 spiro atoms. The minimum atomic E-state index is -0.310. The van der Waals surface area contributed by atoms with E-state index in [0.29, 0.717) is 11.4 Å². The van der Waals surface area contributed by atoms with Gasteiger partial charge in [-0.2, -0.15) is 0 Å². The molecule has 0 saturated heterocycles. The zero-order valence-corrected chi connectivity index (χ0v) is 11.6. The van der Waals surface area contributed by atoms with Crippen molar-refractivity contribution in [2.24, 2.45) is 0 Å². The lowest BCUT2D eigenvalue weighted by Crippen LogP contribution is -2.23. The number of benzene rings is 1. The Morgan fingerprint density at radius 1 is 1.37 bits per heavy atom. The van der Waals surface area contributed by atoms with Gasteiger partial charge in [-0.15, -0.1) is 0 Å². The summed E-state index contributed by atoms with van der Waals surface area (Å²) in [6.45, 7) is 3.03. The van der Waals surface area contributed by atoms with Crippen molar-refractivity contribution >= 4 is 11.6 Å². The van der Waals surface area contributed by atoms with Crippen LogP contribution in [0.25, 0.3) is 0 Å². The molecule has 0 fully saturated rings. The molecule has 1 aromatic carbocycles. The van der Waals surface area contributed by atoms with E-state index in [2.05, 4.69) is 12.2 Å². The number of nitrogens with one attached hydrogen (secondary N) is 1. The SMILES string of the molecule is CCCNC(Cc1ccc(F)cc1Cl)c1ccoc1. The van der Waals surface area contributed by atoms with Gasteiger partial charge in [0.2, 0.25) is 0 Å². The first-order valence-electron chi connectivity index (χ1n) is 6.40. The van der Waals surface area contributed by atoms with Gasteiger partial charge in [-0.25, -0.2) is 4.39 Å². The van der Waals surface area contributed by atoms with Gasteiger partial charge in [0, 0.05) is 16.6 Å². The first-order valence-corrected chi connectivity index (χ1v) is 6.78. The number of hydrogen-bond acceptors (Lipinski definition) is 2. The molecule has 0 aliphatic heterocycles. The van der Waals surface area contributed by atoms with Gasteiger partial charge in [-0.1, -0.05) is 24.6 Å². The molecule has 1 heterocycles. The highest BCUT2D eigenvalue weighted by molar-refractivity contribution is 6.31. The second-order valence-electron chi connectivity index (χ2n) is 4.50. The van der Waals surface area contributed by atoms with Gasteiger partial charge in [0.15, 0.2) is 0 Å². The minimum absolute atomic E-state index is 0.127. The van der Waals surface area contributed by atoms with Crippen LogP contribution < -0.4 is 5.32 Å². The average molecular weight is 282 g/mol. The third-order valence-electron chi connectivity index (χ3n) is 3.03. The molecule has 1 unspecified atom stereocenters. The summed E-state index contributed by atoms with van der Waals surface area (Å²) in [5.74, 6) is -0.310. The highest BCUT2D eigenvalue weighted by Crippen LogP contribution is 2.24. The Labute approximate surface area is 117 Å². The molecular weight excluding hydrogens is 265 g/mol. The van der Waals surface area contributed by atoms with Crippen LogP contribution in [0.5, 0.6) is 0 Å². The average Bonchev–Trinajstić information content (AvgIpc) is 2.90. The Hall–Kier alpha value is -1.32. The van der Waals surface area contributed by atoms with Crippen molar-refractivity contribution in [2.45, 2.75) is 25.8 Å². The van der Waals surface area contributed by atoms with Gasteiger partial charge in [0.25, 0.3) is 0 Å². The van der Waals surface area contributed by atoms with Crippen LogP contribution in [0.4, 0.5) is 4.39 Å². The number of halogens is 2. The van der Waals surface area contributed by atoms with Crippen LogP contribution in [0, 0.1) is 5.82 Å². The van der Waals surface area contributed by atoms with E-state index < -0.39 is 0 Å². The van der Waals surface area contributed by atoms with E-state index >= 15 is 0 Å². The van der Waals surface area contributed by atoms with E-state index in [0.717, 1.165) is 24.1 Å². The largest absolute Gasteiger partial charge is 0.472 e. The highest BCUT2D eigenvalue weighted by Gasteiger charge is 2.14. The number of hydrogen-bond donors (Lipinski definition) is 1. The second-order valence-corrected chi connectivity index (χ2v) is 4.91. The zero-order valence-electron chi connectivity index (χ0n) is 10.8. The third-order valence-corrected chi connectivity index (χ3v) is 3.38. The van der Waals surface area contributed by atoms with Crippen LogP contribution >= 0.6 is 11.6 Å². The molecule has 19 heavy (non-hydrogen) atoms. The molecule has 0 aliphatic rings. The van der Waals surface area contributed by atoms with E-state index in [1.54, 1.807) is 18.6 Å². The van der Waals surface area contributed by atoms with Crippen molar-refractivity contribution in [2.75, 3.05) is 6.54 Å². The summed E-state index contributed by atoms with van der Waals surface area (Å²) in [5, 5.41) is 3.91. The molecule has 2 nitrogen and oxygen atoms in total. The zero-order chi connectivity index (χ0) is 13.7. The summed E-state index contributed by atoms with van der Waals surface area (Å²) < 4.78 is 18.2. The molecule has 0 aliphatic carbocycles. The first-order chi connectivity index (χ1) is 9.20. The van der Waals surface area contributed by atoms with Crippen molar-refractivity contribution < 1.29 is 8.81 Å². The molecule has 4 heteroatoms. The Morgan fingerprint density at radius 3 is 2.84 bits per heavy atom. The van der Waals surface area contributed by atoms with Crippen LogP contribution in [-0.2, 0) is 6.42 Å². The van der Waals surface area contributed by atoms with E-state index in [4.69, 9.17) is 16.0 Å². The molecule has 0 bridgehead atoms. The molecule has 102 valence electrons. The fourth-order valence-corrected chi connectivity index (χ4v) is 2.25. The number of rotatable bonds is 6. The second kappa shape index (κ2) is 6.73. The van der Waals surface area contributed by atoms with Crippen molar-refractivity contribution in [1.82, 2.24) is 5.32 Å². The van der Waals surface area contributed by atoms with Crippen LogP contribution in [0.3, 0.4) is 0 Å². The number of furan rings is 1. The summed E-state index contributed by atoms with van der Waals surface area (Å²) >= 11 is 6.08. The Morgan fingerprint density at radius 2 is 2.21 bits per heavy atom. The molecule has 0 radical (unpaired) electrons. The highest BCUT2D eigenvalue weighted by atomic mass is 35.5. The maximum Gasteiger partial charge on any atom is 0.124 e. The molecule has 1 aromatic heterocycles. The van der Waals surface area contributed by atoms with Crippen molar-refractivity contribution in [3.63, 3.8) is 0 Å². The van der Waals surface area contributed by atoms with Crippen LogP contribution in [-0.4, -0.2) is 6.54 Å². The maximum atomic E-state index is 13.0. The monoisotopic (exact) mass is 281 g/mol. The summed E-state index contributed by atoms with van der Waals surface area (Å²) in [4.78, 5) is 0. The third kappa shape index (κ3) is 3.82. The maximum absolute atomic E-state index is 13.0. The van der Waals surface area contributed by atoms with E-state index in [-0.39, 0.29) is 11.9 Å². The van der Waals surface area contributed by atoms with Gasteiger partial charge >= 0.3 is 0 Å². The fraction of sp³-hybridized carbons (Fsp3) is 0.333. The molecule has 2 rings (SSSR count). The fourth-order valence-electron chi connectivity index (χ4n) is 2.01. The predicted octanol–water partition coefficient (Wildman–Crippen LogP) is 4.36. The van der Waals surface area contributed by atoms with Crippen LogP contribution in [0.2, 0.25) is 5.02 Å². The standard InChI is InChI=1S/C15H17ClFNO/c1-2-6-18-15(12-5-7-19-10-12)8-11-3-4-13(17)9-14(11)16/h3-5,7,9-10,15,18H,2,6,8H2,1H3. The van der Waals surface area contributed by atoms with Gasteiger partial charge in [0.05, 0.1) is 12.5 Å². The smallest absolute Gasteiger partial charge is 0.124 e. The molecule has 0 saturated carbocycles. The van der Waals surface area contributed by atoms with Crippen LogP contribution in [0.15, 0.2) is 41.2 Å². The van der Waals surface area contributed by atoms with E-state index in [9.17, 15) is 4.39 Å². The van der Waals surface area contributed by atoms with Gasteiger partial charge in [0.1, 0.15) is 5.82 Å². The Bertz CT molecular complexity index is 513. The molecule has 1 atom stereocenters. The quantitative estimate of drug-likeness (QED) is 0.851. The van der Waals surface area contributed by atoms with Crippen molar-refractivity contribution in [3.05, 3.63) is 58.8 Å². The predicted molar refractivity (Wildman–Crippen MR) is 74.9 cm³/mol. The van der Waals surface area contributed by atoms with Crippen molar-refractivity contribution in [1.29, 1.82) is 0 Å². The van der Waals surface area contributed by atoms with Gasteiger partial charge < -0.3 is 9.73 Å². The summed E-state index contributed by atoms with van der Waals surface area (Å²) in [6, 6.07) is 6.58. The molecular formula is C15H17ClFNO. The summed E-state index contributed by atoms with van der Waals surface area (Å²) in [7, 11) is 0. The molecule has 0 amide bonds. The lowest BCUT2D eigenvalue weighted by atomic mass is 10.0. The topological polar surface area (TPSA) is 25.2 Å². The Balaban J connectivity index is 2.15. The minimum Gasteiger partial charge on any atom is -0.472 e. The Kier molecular flexibility index (Phi) is 5.00. The van der Waals surface area contributed by atoms with Gasteiger partial charge in [-0.05, 0) is 43.1 Å². The van der Waals surface area contributed by atoms with Gasteiger partial charge in [-0.3, -0.25) is 0 Å². The van der Waals surface area contributed by atoms with Crippen molar-refractivity contribution in [3.8, 4) is 0 Å². The van der Waals surface area contributed by atoms with Crippen LogP contribution in [0.1, 0.15) is 30.5 Å². The van der Waals surface area contributed by atoms with E-state index in [1.807, 2.05) is 6.07 Å². The summed E-state index contributed by atoms with van der Waals surface area (Å²) in [5.41, 5.74) is 2.01. The molecule has 2 aromatic rings. The molecule has 1 N–H and O–H groups in total. The normalized spacial score (nSPS) is 12.6. The lowest BCUT2D eigenvalue weighted by molar-refractivity contribution is 0.512. The first kappa shape index (κ1) is 14.1. The van der Waals surface area contributed by atoms with E-state index in [1.165, 1.54) is 12.1 Å².